The maximum Gasteiger partial charge on any atom is 1.00 e. The van der Waals surface area contributed by atoms with Gasteiger partial charge in [-0.25, -0.2) is 0 Å². The summed E-state index contributed by atoms with van der Waals surface area (Å²) in [7, 11) is 0. The molecule has 0 aromatic rings. The first kappa shape index (κ1) is 12.2. The number of hydrogen-bond donors (Lipinski definition) is 3. The Labute approximate surface area is 70.9 Å². The molecule has 0 rings (SSSR count). The predicted octanol–water partition coefficient (Wildman–Crippen LogP) is -4.01. The molecule has 0 aliphatic rings. The van der Waals surface area contributed by atoms with Gasteiger partial charge in [0.2, 0.25) is 0 Å². The van der Waals surface area contributed by atoms with Crippen LogP contribution in [0, 0.1) is 0 Å². The molecule has 0 radical (unpaired) electrons. The van der Waals surface area contributed by atoms with Crippen molar-refractivity contribution in [2.75, 3.05) is 0 Å². The van der Waals surface area contributed by atoms with Crippen molar-refractivity contribution < 1.29 is 40.1 Å². The minimum Gasteiger partial charge on any atom is -1.00 e. The maximum atomic E-state index is 9.85. The molecule has 0 saturated heterocycles. The van der Waals surface area contributed by atoms with E-state index >= 15 is 0 Å². The number of carboxylic acid groups (broad SMARTS) is 2. The summed E-state index contributed by atoms with van der Waals surface area (Å²) in [6, 6.07) is -1.29. The second-order valence-corrected chi connectivity index (χ2v) is 1.54. The molecule has 5 nitrogen and oxygen atoms in total. The maximum absolute atomic E-state index is 9.85. The van der Waals surface area contributed by atoms with Crippen LogP contribution < -0.4 is 24.6 Å². The van der Waals surface area contributed by atoms with Crippen molar-refractivity contribution in [2.45, 2.75) is 12.5 Å². The first-order chi connectivity index (χ1) is 4.04. The quantitative estimate of drug-likeness (QED) is 0.347. The van der Waals surface area contributed by atoms with Crippen LogP contribution in [0.4, 0.5) is 0 Å². The predicted molar refractivity (Wildman–Crippen MR) is 29.0 cm³/mol. The molecule has 0 bridgehead atoms. The van der Waals surface area contributed by atoms with Gasteiger partial charge >= 0.3 is 30.8 Å². The Morgan fingerprint density at radius 2 is 1.90 bits per heavy atom. The second kappa shape index (κ2) is 5.30. The third kappa shape index (κ3) is 5.63. The van der Waals surface area contributed by atoms with Gasteiger partial charge < -0.3 is 17.4 Å². The van der Waals surface area contributed by atoms with Gasteiger partial charge in [-0.3, -0.25) is 9.59 Å². The molecule has 0 fully saturated rings. The summed E-state index contributed by atoms with van der Waals surface area (Å²) < 4.78 is 0. The molecule has 0 aromatic carbocycles. The van der Waals surface area contributed by atoms with Crippen LogP contribution in [0.2, 0.25) is 0 Å². The Morgan fingerprint density at radius 3 is 2.00 bits per heavy atom. The Hall–Kier alpha value is -0.503. The Bertz CT molecular complexity index is 142. The summed E-state index contributed by atoms with van der Waals surface area (Å²) in [6.07, 6.45) is -0.532. The Balaban J connectivity index is -0.000000320. The minimum atomic E-state index is -1.29. The van der Waals surface area contributed by atoms with E-state index in [4.69, 9.17) is 15.9 Å². The topological polar surface area (TPSA) is 101 Å². The average Bonchev–Trinajstić information content (AvgIpc) is 1.63. The molecule has 1 atom stereocenters. The molecule has 0 amide bonds. The van der Waals surface area contributed by atoms with Crippen LogP contribution in [0.25, 0.3) is 0 Å². The SMILES string of the molecule is NC(CC(=O)O)C(=O)O.[H-].[Li+]. The molecule has 0 aromatic heterocycles. The summed E-state index contributed by atoms with van der Waals surface area (Å²) in [5.74, 6) is -2.50. The van der Waals surface area contributed by atoms with E-state index in [-0.39, 0.29) is 20.3 Å². The number of aliphatic carboxylic acids is 2. The Kier molecular flexibility index (Phi) is 6.46. The molecule has 0 heterocycles. The summed E-state index contributed by atoms with van der Waals surface area (Å²) in [4.78, 5) is 19.6. The smallest absolute Gasteiger partial charge is 1.00 e. The van der Waals surface area contributed by atoms with E-state index in [2.05, 4.69) is 0 Å². The molecular formula is C4H8LiNO4. The van der Waals surface area contributed by atoms with Crippen molar-refractivity contribution in [1.29, 1.82) is 0 Å². The zero-order chi connectivity index (χ0) is 7.44. The van der Waals surface area contributed by atoms with E-state index < -0.39 is 24.4 Å². The molecule has 0 saturated carbocycles. The molecule has 6 heteroatoms. The first-order valence-electron chi connectivity index (χ1n) is 2.24. The largest absolute Gasteiger partial charge is 1.00 e. The molecule has 0 aliphatic carbocycles. The fourth-order valence-corrected chi connectivity index (χ4v) is 0.275. The second-order valence-electron chi connectivity index (χ2n) is 1.54. The number of hydrogen-bond acceptors (Lipinski definition) is 3. The van der Waals surface area contributed by atoms with Crippen LogP contribution in [0.15, 0.2) is 0 Å². The van der Waals surface area contributed by atoms with Crippen LogP contribution in [0.5, 0.6) is 0 Å². The molecule has 0 spiro atoms. The molecule has 0 aliphatic heterocycles. The number of carbonyl (C=O) groups is 2. The van der Waals surface area contributed by atoms with E-state index in [9.17, 15) is 9.59 Å². The van der Waals surface area contributed by atoms with Crippen molar-refractivity contribution in [3.8, 4) is 0 Å². The van der Waals surface area contributed by atoms with Gasteiger partial charge in [-0.1, -0.05) is 0 Å². The number of rotatable bonds is 3. The fraction of sp³-hybridized carbons (Fsp3) is 0.500. The van der Waals surface area contributed by atoms with Gasteiger partial charge in [-0.05, 0) is 0 Å². The first-order valence-corrected chi connectivity index (χ1v) is 2.24. The van der Waals surface area contributed by atoms with Crippen molar-refractivity contribution in [3.63, 3.8) is 0 Å². The number of carboxylic acids is 2. The Morgan fingerprint density at radius 1 is 1.50 bits per heavy atom. The van der Waals surface area contributed by atoms with Crippen molar-refractivity contribution in [3.05, 3.63) is 0 Å². The molecule has 4 N–H and O–H groups in total. The van der Waals surface area contributed by atoms with Crippen molar-refractivity contribution in [1.82, 2.24) is 0 Å². The summed E-state index contributed by atoms with van der Waals surface area (Å²) >= 11 is 0. The van der Waals surface area contributed by atoms with E-state index in [0.29, 0.717) is 0 Å². The van der Waals surface area contributed by atoms with Gasteiger partial charge in [-0.2, -0.15) is 0 Å². The van der Waals surface area contributed by atoms with Crippen LogP contribution in [-0.2, 0) is 9.59 Å². The zero-order valence-electron chi connectivity index (χ0n) is 6.57. The monoisotopic (exact) mass is 141 g/mol. The van der Waals surface area contributed by atoms with E-state index in [1.54, 1.807) is 0 Å². The number of nitrogens with two attached hydrogens (primary N) is 1. The molecule has 54 valence electrons. The third-order valence-corrected chi connectivity index (χ3v) is 0.712. The van der Waals surface area contributed by atoms with Gasteiger partial charge in [0.1, 0.15) is 6.04 Å². The summed E-state index contributed by atoms with van der Waals surface area (Å²) in [5, 5.41) is 16.0. The minimum absolute atomic E-state index is 0. The van der Waals surface area contributed by atoms with Crippen LogP contribution in [-0.4, -0.2) is 28.2 Å². The molecule has 10 heavy (non-hydrogen) atoms. The van der Waals surface area contributed by atoms with Gasteiger partial charge in [-0.15, -0.1) is 0 Å². The van der Waals surface area contributed by atoms with Gasteiger partial charge in [0.05, 0.1) is 6.42 Å². The standard InChI is InChI=1S/C4H7NO4.Li.H/c5-2(4(8)9)1-3(6)7;;/h2H,1,5H2,(H,6,7)(H,8,9);;/q;+1;-1. The normalized spacial score (nSPS) is 11.3. The van der Waals surface area contributed by atoms with Crippen molar-refractivity contribution in [2.24, 2.45) is 5.73 Å². The summed E-state index contributed by atoms with van der Waals surface area (Å²) in [6.45, 7) is 0. The van der Waals surface area contributed by atoms with E-state index in [0.717, 1.165) is 0 Å². The van der Waals surface area contributed by atoms with Gasteiger partial charge in [0.25, 0.3) is 0 Å². The van der Waals surface area contributed by atoms with Crippen LogP contribution >= 0.6 is 0 Å². The fourth-order valence-electron chi connectivity index (χ4n) is 0.275. The third-order valence-electron chi connectivity index (χ3n) is 0.712. The van der Waals surface area contributed by atoms with Crippen LogP contribution in [0.1, 0.15) is 7.85 Å². The van der Waals surface area contributed by atoms with Crippen LogP contribution in [0.3, 0.4) is 0 Å². The zero-order valence-corrected chi connectivity index (χ0v) is 5.57. The molecule has 1 unspecified atom stereocenters. The molecular weight excluding hydrogens is 133 g/mol. The van der Waals surface area contributed by atoms with Crippen molar-refractivity contribution >= 4 is 11.9 Å². The van der Waals surface area contributed by atoms with Gasteiger partial charge in [0.15, 0.2) is 0 Å². The van der Waals surface area contributed by atoms with E-state index in [1.165, 1.54) is 0 Å². The van der Waals surface area contributed by atoms with E-state index in [1.807, 2.05) is 0 Å². The summed E-state index contributed by atoms with van der Waals surface area (Å²) in [5.41, 5.74) is 4.84. The average molecular weight is 141 g/mol. The van der Waals surface area contributed by atoms with Gasteiger partial charge in [0, 0.05) is 0 Å².